The average Bonchev–Trinajstić information content (AvgIpc) is 3.30. The molecule has 2 aliphatic rings. The Bertz CT molecular complexity index is 1350. The van der Waals surface area contributed by atoms with Gasteiger partial charge in [-0.1, -0.05) is 30.3 Å². The van der Waals surface area contributed by atoms with Gasteiger partial charge in [0.05, 0.1) is 12.0 Å². The van der Waals surface area contributed by atoms with Gasteiger partial charge in [-0.3, -0.25) is 9.59 Å². The summed E-state index contributed by atoms with van der Waals surface area (Å²) in [5, 5.41) is 2.91. The summed E-state index contributed by atoms with van der Waals surface area (Å²) in [5.74, 6) is -0.449. The van der Waals surface area contributed by atoms with Crippen molar-refractivity contribution in [2.45, 2.75) is 20.3 Å². The summed E-state index contributed by atoms with van der Waals surface area (Å²) in [6.45, 7) is 7.17. The molecule has 0 radical (unpaired) electrons. The lowest BCUT2D eigenvalue weighted by atomic mass is 9.93. The van der Waals surface area contributed by atoms with E-state index in [0.717, 1.165) is 48.7 Å². The van der Waals surface area contributed by atoms with Gasteiger partial charge in [-0.15, -0.1) is 0 Å². The molecule has 3 heterocycles. The van der Waals surface area contributed by atoms with Crippen LogP contribution in [-0.4, -0.2) is 59.8 Å². The van der Waals surface area contributed by atoms with Crippen molar-refractivity contribution in [3.8, 4) is 11.1 Å². The van der Waals surface area contributed by atoms with E-state index in [-0.39, 0.29) is 17.6 Å². The third kappa shape index (κ3) is 4.28. The van der Waals surface area contributed by atoms with Crippen LogP contribution >= 0.6 is 0 Å². The van der Waals surface area contributed by atoms with Crippen molar-refractivity contribution in [1.82, 2.24) is 14.8 Å². The number of carbonyl (C=O) groups is 2. The molecule has 0 atom stereocenters. The van der Waals surface area contributed by atoms with Crippen LogP contribution < -0.4 is 5.32 Å². The Hall–Kier alpha value is -3.71. The predicted molar refractivity (Wildman–Crippen MR) is 136 cm³/mol. The summed E-state index contributed by atoms with van der Waals surface area (Å²) in [6.07, 6.45) is 2.14. The lowest BCUT2D eigenvalue weighted by Gasteiger charge is -2.32. The minimum atomic E-state index is -0.337. The third-order valence-corrected chi connectivity index (χ3v) is 7.09. The molecule has 0 saturated carbocycles. The molecule has 0 spiro atoms. The highest BCUT2D eigenvalue weighted by Crippen LogP contribution is 2.41. The average molecular weight is 473 g/mol. The predicted octanol–water partition coefficient (Wildman–Crippen LogP) is 4.25. The van der Waals surface area contributed by atoms with Gasteiger partial charge in [-0.05, 0) is 55.8 Å². The number of fused-ring (bicyclic) bond motifs is 1. The topological polar surface area (TPSA) is 68.4 Å². The summed E-state index contributed by atoms with van der Waals surface area (Å²) < 4.78 is 14.6. The van der Waals surface area contributed by atoms with Crippen LogP contribution in [0.2, 0.25) is 0 Å². The molecule has 2 aromatic carbocycles. The van der Waals surface area contributed by atoms with Crippen LogP contribution in [0, 0.1) is 19.7 Å². The Kier molecular flexibility index (Phi) is 6.03. The van der Waals surface area contributed by atoms with Crippen molar-refractivity contribution in [3.63, 3.8) is 0 Å². The lowest BCUT2D eigenvalue weighted by Crippen LogP contribution is -2.47. The zero-order valence-electron chi connectivity index (χ0n) is 20.2. The number of rotatable bonds is 4. The SMILES string of the molecule is Cc1[nH]c(C=C2C(=O)Nc3cccc(-c4ccccc4F)c32)c(C)c1CC(=O)N1CCN(C)CC1. The molecule has 2 aliphatic heterocycles. The third-order valence-electron chi connectivity index (χ3n) is 7.09. The van der Waals surface area contributed by atoms with Crippen LogP contribution in [0.3, 0.4) is 0 Å². The van der Waals surface area contributed by atoms with E-state index < -0.39 is 0 Å². The van der Waals surface area contributed by atoms with Gasteiger partial charge < -0.3 is 20.1 Å². The summed E-state index contributed by atoms with van der Waals surface area (Å²) in [6, 6.07) is 12.0. The lowest BCUT2D eigenvalue weighted by molar-refractivity contribution is -0.132. The normalized spacial score (nSPS) is 17.1. The van der Waals surface area contributed by atoms with Crippen LogP contribution in [-0.2, 0) is 16.0 Å². The molecular formula is C28H29FN4O2. The second-order valence-corrected chi connectivity index (χ2v) is 9.35. The number of hydrogen-bond donors (Lipinski definition) is 2. The first-order valence-corrected chi connectivity index (χ1v) is 11.9. The Morgan fingerprint density at radius 3 is 2.49 bits per heavy atom. The number of aromatic nitrogens is 1. The zero-order valence-corrected chi connectivity index (χ0v) is 20.2. The van der Waals surface area contributed by atoms with Crippen LogP contribution in [0.25, 0.3) is 22.8 Å². The summed E-state index contributed by atoms with van der Waals surface area (Å²) in [7, 11) is 2.07. The van der Waals surface area contributed by atoms with Gasteiger partial charge in [0.1, 0.15) is 5.82 Å². The Balaban J connectivity index is 1.50. The van der Waals surface area contributed by atoms with Crippen molar-refractivity contribution in [2.75, 3.05) is 38.5 Å². The minimum absolute atomic E-state index is 0.119. The first kappa shape index (κ1) is 23.1. The molecule has 0 unspecified atom stereocenters. The maximum Gasteiger partial charge on any atom is 0.256 e. The van der Waals surface area contributed by atoms with Gasteiger partial charge in [0.2, 0.25) is 5.91 Å². The molecule has 0 aliphatic carbocycles. The van der Waals surface area contributed by atoms with Crippen molar-refractivity contribution in [1.29, 1.82) is 0 Å². The van der Waals surface area contributed by atoms with Gasteiger partial charge in [0.15, 0.2) is 0 Å². The largest absolute Gasteiger partial charge is 0.359 e. The van der Waals surface area contributed by atoms with E-state index in [1.54, 1.807) is 18.2 Å². The monoisotopic (exact) mass is 472 g/mol. The molecule has 0 bridgehead atoms. The molecule has 180 valence electrons. The molecule has 5 rings (SSSR count). The molecule has 1 saturated heterocycles. The molecular weight excluding hydrogens is 443 g/mol. The molecule has 1 fully saturated rings. The number of halogens is 1. The van der Waals surface area contributed by atoms with Crippen LogP contribution in [0.4, 0.5) is 10.1 Å². The number of aryl methyl sites for hydroxylation is 1. The van der Waals surface area contributed by atoms with E-state index in [4.69, 9.17) is 0 Å². The number of amides is 2. The van der Waals surface area contributed by atoms with Crippen molar-refractivity contribution in [3.05, 3.63) is 76.4 Å². The molecule has 2 amide bonds. The number of benzene rings is 2. The van der Waals surface area contributed by atoms with Gasteiger partial charge in [0, 0.05) is 54.4 Å². The smallest absolute Gasteiger partial charge is 0.256 e. The number of aromatic amines is 1. The second kappa shape index (κ2) is 9.15. The highest BCUT2D eigenvalue weighted by Gasteiger charge is 2.29. The Morgan fingerprint density at radius 2 is 1.74 bits per heavy atom. The van der Waals surface area contributed by atoms with Crippen molar-refractivity contribution < 1.29 is 14.0 Å². The molecule has 7 heteroatoms. The van der Waals surface area contributed by atoms with Crippen molar-refractivity contribution >= 4 is 29.2 Å². The molecule has 6 nitrogen and oxygen atoms in total. The number of carbonyl (C=O) groups excluding carboxylic acids is 2. The molecule has 2 N–H and O–H groups in total. The number of anilines is 1. The van der Waals surface area contributed by atoms with Gasteiger partial charge >= 0.3 is 0 Å². The summed E-state index contributed by atoms with van der Waals surface area (Å²) in [4.78, 5) is 33.4. The van der Waals surface area contributed by atoms with Crippen LogP contribution in [0.1, 0.15) is 28.1 Å². The molecule has 1 aromatic heterocycles. The van der Waals surface area contributed by atoms with E-state index in [2.05, 4.69) is 22.2 Å². The van der Waals surface area contributed by atoms with Gasteiger partial charge in [-0.2, -0.15) is 0 Å². The standard InChI is InChI=1S/C28H29FN4O2/c1-17-21(16-26(34)33-13-11-32(3)12-14-33)18(2)30-25(17)15-22-27-20(19-7-4-5-9-23(19)29)8-6-10-24(27)31-28(22)35/h4-10,15,30H,11-14,16H2,1-3H3,(H,31,35). The maximum atomic E-state index is 14.6. The Morgan fingerprint density at radius 1 is 1.03 bits per heavy atom. The molecule has 3 aromatic rings. The van der Waals surface area contributed by atoms with Gasteiger partial charge in [-0.25, -0.2) is 4.39 Å². The first-order chi connectivity index (χ1) is 16.8. The maximum absolute atomic E-state index is 14.6. The highest BCUT2D eigenvalue weighted by atomic mass is 19.1. The highest BCUT2D eigenvalue weighted by molar-refractivity contribution is 6.36. The fourth-order valence-electron chi connectivity index (χ4n) is 4.98. The number of nitrogens with zero attached hydrogens (tertiary/aromatic N) is 2. The summed E-state index contributed by atoms with van der Waals surface area (Å²) >= 11 is 0. The first-order valence-electron chi connectivity index (χ1n) is 11.9. The summed E-state index contributed by atoms with van der Waals surface area (Å²) in [5.41, 5.74) is 6.53. The van der Waals surface area contributed by atoms with E-state index in [0.29, 0.717) is 34.4 Å². The second-order valence-electron chi connectivity index (χ2n) is 9.35. The van der Waals surface area contributed by atoms with Crippen LogP contribution in [0.5, 0.6) is 0 Å². The number of H-pyrrole nitrogens is 1. The number of piperazine rings is 1. The van der Waals surface area contributed by atoms with Gasteiger partial charge in [0.25, 0.3) is 5.91 Å². The van der Waals surface area contributed by atoms with Crippen molar-refractivity contribution in [2.24, 2.45) is 0 Å². The number of likely N-dealkylation sites (N-methyl/N-ethyl adjacent to an activating group) is 1. The zero-order chi connectivity index (χ0) is 24.7. The fraction of sp³-hybridized carbons (Fsp3) is 0.286. The fourth-order valence-corrected chi connectivity index (χ4v) is 4.98. The van der Waals surface area contributed by atoms with E-state index in [1.165, 1.54) is 6.07 Å². The minimum Gasteiger partial charge on any atom is -0.359 e. The number of nitrogens with one attached hydrogen (secondary N) is 2. The quantitative estimate of drug-likeness (QED) is 0.558. The van der Waals surface area contributed by atoms with Crippen LogP contribution in [0.15, 0.2) is 42.5 Å². The Labute approximate surface area is 204 Å². The molecule has 35 heavy (non-hydrogen) atoms. The number of hydrogen-bond acceptors (Lipinski definition) is 3. The van der Waals surface area contributed by atoms with E-state index >= 15 is 0 Å². The van der Waals surface area contributed by atoms with E-state index in [1.807, 2.05) is 43.0 Å². The van der Waals surface area contributed by atoms with E-state index in [9.17, 15) is 14.0 Å².